The fraction of sp³-hybridized carbons (Fsp3) is 0.579. The van der Waals surface area contributed by atoms with Crippen molar-refractivity contribution >= 4 is 11.8 Å². The van der Waals surface area contributed by atoms with E-state index in [1.165, 1.54) is 11.1 Å². The molecule has 2 aliphatic rings. The van der Waals surface area contributed by atoms with Crippen LogP contribution < -0.4 is 5.32 Å². The lowest BCUT2D eigenvalue weighted by Crippen LogP contribution is -2.46. The first kappa shape index (κ1) is 17.0. The Bertz CT molecular complexity index is 627. The minimum Gasteiger partial charge on any atom is -0.393 e. The first-order valence-electron chi connectivity index (χ1n) is 8.90. The first-order valence-corrected chi connectivity index (χ1v) is 8.90. The Morgan fingerprint density at radius 3 is 2.88 bits per heavy atom. The van der Waals surface area contributed by atoms with Gasteiger partial charge in [0.2, 0.25) is 5.91 Å². The van der Waals surface area contributed by atoms with Gasteiger partial charge in [-0.2, -0.15) is 0 Å². The monoisotopic (exact) mass is 330 g/mol. The van der Waals surface area contributed by atoms with Gasteiger partial charge < -0.3 is 15.3 Å². The van der Waals surface area contributed by atoms with Crippen LogP contribution in [0.15, 0.2) is 18.2 Å². The molecule has 2 N–H and O–H groups in total. The number of nitrogens with zero attached hydrogens (tertiary/aromatic N) is 1. The highest BCUT2D eigenvalue weighted by atomic mass is 16.3. The minimum absolute atomic E-state index is 0.0163. The molecule has 1 saturated heterocycles. The van der Waals surface area contributed by atoms with Gasteiger partial charge in [0.1, 0.15) is 0 Å². The molecule has 0 spiro atoms. The van der Waals surface area contributed by atoms with Crippen LogP contribution in [-0.4, -0.2) is 47.6 Å². The maximum Gasteiger partial charge on any atom is 0.251 e. The molecule has 130 valence electrons. The number of rotatable bonds is 4. The zero-order valence-corrected chi connectivity index (χ0v) is 14.3. The lowest BCUT2D eigenvalue weighted by atomic mass is 9.93. The van der Waals surface area contributed by atoms with Gasteiger partial charge in [-0.15, -0.1) is 0 Å². The molecule has 5 nitrogen and oxygen atoms in total. The quantitative estimate of drug-likeness (QED) is 0.879. The Balaban J connectivity index is 1.53. The summed E-state index contributed by atoms with van der Waals surface area (Å²) in [6, 6.07) is 5.82. The van der Waals surface area contributed by atoms with Crippen LogP contribution in [0.25, 0.3) is 0 Å². The second-order valence-corrected chi connectivity index (χ2v) is 7.00. The SMILES string of the molecule is CC(O)C1CCCN(C(=O)CNC(=O)c2ccc3c(c2)CCC3)C1. The van der Waals surface area contributed by atoms with Gasteiger partial charge >= 0.3 is 0 Å². The Labute approximate surface area is 143 Å². The number of hydrogen-bond acceptors (Lipinski definition) is 3. The molecule has 2 amide bonds. The van der Waals surface area contributed by atoms with Gasteiger partial charge in [0, 0.05) is 24.6 Å². The number of aryl methyl sites for hydroxylation is 2. The van der Waals surface area contributed by atoms with Gasteiger partial charge in [-0.3, -0.25) is 9.59 Å². The predicted molar refractivity (Wildman–Crippen MR) is 91.8 cm³/mol. The molecule has 5 heteroatoms. The number of likely N-dealkylation sites (tertiary alicyclic amines) is 1. The largest absolute Gasteiger partial charge is 0.393 e. The van der Waals surface area contributed by atoms with Crippen LogP contribution in [0.4, 0.5) is 0 Å². The Kier molecular flexibility index (Phi) is 5.19. The molecule has 0 radical (unpaired) electrons. The van der Waals surface area contributed by atoms with E-state index in [-0.39, 0.29) is 24.3 Å². The molecule has 0 aromatic heterocycles. The lowest BCUT2D eigenvalue weighted by molar-refractivity contribution is -0.132. The maximum absolute atomic E-state index is 12.3. The number of hydrogen-bond donors (Lipinski definition) is 2. The summed E-state index contributed by atoms with van der Waals surface area (Å²) in [7, 11) is 0. The summed E-state index contributed by atoms with van der Waals surface area (Å²) >= 11 is 0. The molecule has 24 heavy (non-hydrogen) atoms. The zero-order chi connectivity index (χ0) is 17.1. The molecule has 3 rings (SSSR count). The third-order valence-electron chi connectivity index (χ3n) is 5.25. The summed E-state index contributed by atoms with van der Waals surface area (Å²) in [6.07, 6.45) is 4.72. The number of carbonyl (C=O) groups excluding carboxylic acids is 2. The van der Waals surface area contributed by atoms with Crippen molar-refractivity contribution < 1.29 is 14.7 Å². The lowest BCUT2D eigenvalue weighted by Gasteiger charge is -2.34. The smallest absolute Gasteiger partial charge is 0.251 e. The van der Waals surface area contributed by atoms with E-state index in [0.29, 0.717) is 18.7 Å². The molecule has 1 aromatic carbocycles. The van der Waals surface area contributed by atoms with Gasteiger partial charge in [0.05, 0.1) is 12.6 Å². The highest BCUT2D eigenvalue weighted by Gasteiger charge is 2.26. The molecule has 1 fully saturated rings. The topological polar surface area (TPSA) is 69.6 Å². The summed E-state index contributed by atoms with van der Waals surface area (Å²) < 4.78 is 0. The molecule has 2 atom stereocenters. The summed E-state index contributed by atoms with van der Waals surface area (Å²) in [4.78, 5) is 26.4. The molecule has 1 aliphatic carbocycles. The normalized spacial score (nSPS) is 21.2. The second-order valence-electron chi connectivity index (χ2n) is 7.00. The van der Waals surface area contributed by atoms with Crippen molar-refractivity contribution in [2.24, 2.45) is 5.92 Å². The van der Waals surface area contributed by atoms with Crippen molar-refractivity contribution in [3.8, 4) is 0 Å². The van der Waals surface area contributed by atoms with E-state index < -0.39 is 6.10 Å². The van der Waals surface area contributed by atoms with E-state index in [1.807, 2.05) is 18.2 Å². The van der Waals surface area contributed by atoms with Gasteiger partial charge in [-0.1, -0.05) is 6.07 Å². The minimum atomic E-state index is -0.401. The average molecular weight is 330 g/mol. The molecule has 0 bridgehead atoms. The van der Waals surface area contributed by atoms with E-state index in [2.05, 4.69) is 5.32 Å². The number of carbonyl (C=O) groups is 2. The summed E-state index contributed by atoms with van der Waals surface area (Å²) in [5.74, 6) is -0.132. The number of amides is 2. The Morgan fingerprint density at radius 2 is 2.08 bits per heavy atom. The van der Waals surface area contributed by atoms with E-state index in [0.717, 1.165) is 32.1 Å². The number of piperidine rings is 1. The molecular weight excluding hydrogens is 304 g/mol. The maximum atomic E-state index is 12.3. The van der Waals surface area contributed by atoms with Crippen molar-refractivity contribution in [2.45, 2.75) is 45.1 Å². The Morgan fingerprint density at radius 1 is 1.29 bits per heavy atom. The van der Waals surface area contributed by atoms with Crippen molar-refractivity contribution in [3.05, 3.63) is 34.9 Å². The molecule has 1 heterocycles. The Hall–Kier alpha value is -1.88. The summed E-state index contributed by atoms with van der Waals surface area (Å²) in [5.41, 5.74) is 3.22. The number of fused-ring (bicyclic) bond motifs is 1. The highest BCUT2D eigenvalue weighted by molar-refractivity contribution is 5.96. The fourth-order valence-corrected chi connectivity index (χ4v) is 3.71. The van der Waals surface area contributed by atoms with Gasteiger partial charge in [0.15, 0.2) is 0 Å². The molecule has 0 saturated carbocycles. The van der Waals surface area contributed by atoms with Crippen molar-refractivity contribution in [1.29, 1.82) is 0 Å². The van der Waals surface area contributed by atoms with Crippen LogP contribution in [0.1, 0.15) is 47.7 Å². The standard InChI is InChI=1S/C19H26N2O3/c1-13(22)17-6-3-9-21(12-17)18(23)11-20-19(24)16-8-7-14-4-2-5-15(14)10-16/h7-8,10,13,17,22H,2-6,9,11-12H2,1H3,(H,20,24). The fourth-order valence-electron chi connectivity index (χ4n) is 3.71. The molecule has 1 aliphatic heterocycles. The van der Waals surface area contributed by atoms with Crippen molar-refractivity contribution in [3.63, 3.8) is 0 Å². The van der Waals surface area contributed by atoms with Gasteiger partial charge in [0.25, 0.3) is 5.91 Å². The first-order chi connectivity index (χ1) is 11.5. The van der Waals surface area contributed by atoms with Crippen LogP contribution in [-0.2, 0) is 17.6 Å². The van der Waals surface area contributed by atoms with Crippen molar-refractivity contribution in [2.75, 3.05) is 19.6 Å². The predicted octanol–water partition coefficient (Wildman–Crippen LogP) is 1.52. The summed E-state index contributed by atoms with van der Waals surface area (Å²) in [6.45, 7) is 3.07. The highest BCUT2D eigenvalue weighted by Crippen LogP contribution is 2.23. The van der Waals surface area contributed by atoms with E-state index in [9.17, 15) is 14.7 Å². The number of benzene rings is 1. The van der Waals surface area contributed by atoms with E-state index in [4.69, 9.17) is 0 Å². The average Bonchev–Trinajstić information content (AvgIpc) is 3.07. The second kappa shape index (κ2) is 7.34. The molecule has 2 unspecified atom stereocenters. The van der Waals surface area contributed by atoms with E-state index in [1.54, 1.807) is 11.8 Å². The van der Waals surface area contributed by atoms with Crippen LogP contribution in [0.5, 0.6) is 0 Å². The van der Waals surface area contributed by atoms with Crippen LogP contribution in [0, 0.1) is 5.92 Å². The van der Waals surface area contributed by atoms with Crippen LogP contribution in [0.2, 0.25) is 0 Å². The number of nitrogens with one attached hydrogen (secondary N) is 1. The summed E-state index contributed by atoms with van der Waals surface area (Å²) in [5, 5.41) is 12.5. The van der Waals surface area contributed by atoms with E-state index >= 15 is 0 Å². The van der Waals surface area contributed by atoms with Gasteiger partial charge in [-0.25, -0.2) is 0 Å². The van der Waals surface area contributed by atoms with Crippen LogP contribution in [0.3, 0.4) is 0 Å². The van der Waals surface area contributed by atoms with Crippen LogP contribution >= 0.6 is 0 Å². The third kappa shape index (κ3) is 3.78. The van der Waals surface area contributed by atoms with Crippen molar-refractivity contribution in [1.82, 2.24) is 10.2 Å². The third-order valence-corrected chi connectivity index (χ3v) is 5.25. The number of aliphatic hydroxyl groups excluding tert-OH is 1. The zero-order valence-electron chi connectivity index (χ0n) is 14.3. The number of aliphatic hydroxyl groups is 1. The molecular formula is C19H26N2O3. The van der Waals surface area contributed by atoms with Gasteiger partial charge in [-0.05, 0) is 62.3 Å². The molecule has 1 aromatic rings.